The molecule has 0 fully saturated rings. The Kier molecular flexibility index (Phi) is 2.82. The largest absolute Gasteiger partial charge is 0.397 e. The standard InChI is InChI=1S/C10H9N5O2/c11-7-3-1-2-4-8(7)14-10-9(15(16)17)5-12-6-13-10/h1-6H,11H2,(H,12,13,14). The van der Waals surface area contributed by atoms with Crippen LogP contribution < -0.4 is 11.1 Å². The van der Waals surface area contributed by atoms with Gasteiger partial charge in [0.05, 0.1) is 16.3 Å². The summed E-state index contributed by atoms with van der Waals surface area (Å²) < 4.78 is 0. The van der Waals surface area contributed by atoms with Gasteiger partial charge in [0, 0.05) is 0 Å². The summed E-state index contributed by atoms with van der Waals surface area (Å²) in [5.41, 5.74) is 6.57. The summed E-state index contributed by atoms with van der Waals surface area (Å²) >= 11 is 0. The highest BCUT2D eigenvalue weighted by atomic mass is 16.6. The molecule has 2 aromatic rings. The second-order valence-corrected chi connectivity index (χ2v) is 3.23. The Morgan fingerprint density at radius 1 is 1.35 bits per heavy atom. The van der Waals surface area contributed by atoms with Crippen LogP contribution in [0, 0.1) is 10.1 Å². The maximum Gasteiger partial charge on any atom is 0.329 e. The summed E-state index contributed by atoms with van der Waals surface area (Å²) in [6, 6.07) is 6.94. The second kappa shape index (κ2) is 4.44. The summed E-state index contributed by atoms with van der Waals surface area (Å²) in [7, 11) is 0. The molecule has 0 bridgehead atoms. The van der Waals surface area contributed by atoms with Gasteiger partial charge in [-0.3, -0.25) is 10.1 Å². The predicted molar refractivity (Wildman–Crippen MR) is 62.8 cm³/mol. The molecule has 1 heterocycles. The van der Waals surface area contributed by atoms with E-state index in [1.165, 1.54) is 6.33 Å². The monoisotopic (exact) mass is 231 g/mol. The van der Waals surface area contributed by atoms with Crippen LogP contribution in [0.2, 0.25) is 0 Å². The van der Waals surface area contributed by atoms with E-state index in [9.17, 15) is 10.1 Å². The van der Waals surface area contributed by atoms with Gasteiger partial charge < -0.3 is 11.1 Å². The Morgan fingerprint density at radius 2 is 2.12 bits per heavy atom. The van der Waals surface area contributed by atoms with Crippen LogP contribution >= 0.6 is 0 Å². The first-order valence-electron chi connectivity index (χ1n) is 4.74. The van der Waals surface area contributed by atoms with E-state index < -0.39 is 4.92 Å². The molecule has 1 aromatic carbocycles. The molecule has 3 N–H and O–H groups in total. The fourth-order valence-electron chi connectivity index (χ4n) is 1.29. The minimum Gasteiger partial charge on any atom is -0.397 e. The van der Waals surface area contributed by atoms with Crippen LogP contribution in [0.15, 0.2) is 36.8 Å². The third kappa shape index (κ3) is 2.28. The lowest BCUT2D eigenvalue weighted by Crippen LogP contribution is -2.02. The molecule has 2 rings (SSSR count). The van der Waals surface area contributed by atoms with E-state index in [-0.39, 0.29) is 11.5 Å². The maximum absolute atomic E-state index is 10.8. The van der Waals surface area contributed by atoms with Crippen molar-refractivity contribution in [2.75, 3.05) is 11.1 Å². The Labute approximate surface area is 96.5 Å². The van der Waals surface area contributed by atoms with Crippen LogP contribution in [-0.2, 0) is 0 Å². The highest BCUT2D eigenvalue weighted by Crippen LogP contribution is 2.26. The first kappa shape index (κ1) is 10.8. The lowest BCUT2D eigenvalue weighted by atomic mass is 10.2. The summed E-state index contributed by atoms with van der Waals surface area (Å²) in [5.74, 6) is 0.114. The molecular formula is C10H9N5O2. The van der Waals surface area contributed by atoms with Crippen LogP contribution in [0.25, 0.3) is 0 Å². The van der Waals surface area contributed by atoms with Gasteiger partial charge in [-0.1, -0.05) is 12.1 Å². The van der Waals surface area contributed by atoms with Gasteiger partial charge in [0.2, 0.25) is 5.82 Å². The molecule has 0 saturated carbocycles. The zero-order valence-corrected chi connectivity index (χ0v) is 8.70. The number of anilines is 3. The number of rotatable bonds is 3. The molecule has 0 aliphatic rings. The van der Waals surface area contributed by atoms with Crippen molar-refractivity contribution in [1.29, 1.82) is 0 Å². The Bertz CT molecular complexity index is 558. The quantitative estimate of drug-likeness (QED) is 0.473. The fraction of sp³-hybridized carbons (Fsp3) is 0. The summed E-state index contributed by atoms with van der Waals surface area (Å²) in [6.07, 6.45) is 2.36. The van der Waals surface area contributed by atoms with E-state index in [1.54, 1.807) is 24.3 Å². The van der Waals surface area contributed by atoms with Gasteiger partial charge in [-0.25, -0.2) is 9.97 Å². The molecule has 0 atom stereocenters. The number of nitro groups is 1. The predicted octanol–water partition coefficient (Wildman–Crippen LogP) is 1.71. The first-order valence-corrected chi connectivity index (χ1v) is 4.74. The van der Waals surface area contributed by atoms with E-state index in [4.69, 9.17) is 5.73 Å². The Balaban J connectivity index is 2.37. The van der Waals surface area contributed by atoms with Crippen molar-refractivity contribution in [3.8, 4) is 0 Å². The van der Waals surface area contributed by atoms with Crippen molar-refractivity contribution < 1.29 is 4.92 Å². The third-order valence-electron chi connectivity index (χ3n) is 2.10. The molecular weight excluding hydrogens is 222 g/mol. The first-order chi connectivity index (χ1) is 8.18. The molecule has 0 saturated heterocycles. The molecule has 1 aromatic heterocycles. The fourth-order valence-corrected chi connectivity index (χ4v) is 1.29. The average molecular weight is 231 g/mol. The van der Waals surface area contributed by atoms with Crippen LogP contribution in [0.5, 0.6) is 0 Å². The van der Waals surface area contributed by atoms with Gasteiger partial charge in [0.15, 0.2) is 0 Å². The molecule has 0 aliphatic carbocycles. The highest BCUT2D eigenvalue weighted by molar-refractivity contribution is 5.74. The van der Waals surface area contributed by atoms with Gasteiger partial charge in [-0.05, 0) is 12.1 Å². The molecule has 0 unspecified atom stereocenters. The van der Waals surface area contributed by atoms with E-state index in [0.29, 0.717) is 11.4 Å². The molecule has 0 amide bonds. The van der Waals surface area contributed by atoms with Crippen molar-refractivity contribution in [3.05, 3.63) is 46.9 Å². The molecule has 0 aliphatic heterocycles. The minimum atomic E-state index is -0.554. The molecule has 17 heavy (non-hydrogen) atoms. The van der Waals surface area contributed by atoms with Crippen molar-refractivity contribution in [2.24, 2.45) is 0 Å². The number of aromatic nitrogens is 2. The average Bonchev–Trinajstić information content (AvgIpc) is 2.32. The van der Waals surface area contributed by atoms with Gasteiger partial charge in [0.25, 0.3) is 0 Å². The zero-order valence-electron chi connectivity index (χ0n) is 8.70. The summed E-state index contributed by atoms with van der Waals surface area (Å²) in [6.45, 7) is 0. The maximum atomic E-state index is 10.8. The SMILES string of the molecule is Nc1ccccc1Nc1ncncc1[N+](=O)[O-]. The smallest absolute Gasteiger partial charge is 0.329 e. The number of nitrogen functional groups attached to an aromatic ring is 1. The van der Waals surface area contributed by atoms with Gasteiger partial charge >= 0.3 is 5.69 Å². The number of hydrogen-bond acceptors (Lipinski definition) is 6. The van der Waals surface area contributed by atoms with E-state index >= 15 is 0 Å². The van der Waals surface area contributed by atoms with Gasteiger partial charge in [0.1, 0.15) is 12.5 Å². The number of nitrogens with one attached hydrogen (secondary N) is 1. The van der Waals surface area contributed by atoms with Crippen molar-refractivity contribution in [1.82, 2.24) is 9.97 Å². The van der Waals surface area contributed by atoms with Gasteiger partial charge in [-0.2, -0.15) is 0 Å². The minimum absolute atomic E-state index is 0.114. The number of benzene rings is 1. The van der Waals surface area contributed by atoms with Crippen molar-refractivity contribution >= 4 is 22.9 Å². The van der Waals surface area contributed by atoms with Gasteiger partial charge in [-0.15, -0.1) is 0 Å². The molecule has 0 spiro atoms. The molecule has 86 valence electrons. The normalized spacial score (nSPS) is 9.88. The van der Waals surface area contributed by atoms with E-state index in [0.717, 1.165) is 6.20 Å². The van der Waals surface area contributed by atoms with E-state index in [1.807, 2.05) is 0 Å². The van der Waals surface area contributed by atoms with Crippen LogP contribution in [-0.4, -0.2) is 14.9 Å². The van der Waals surface area contributed by atoms with Crippen molar-refractivity contribution in [2.45, 2.75) is 0 Å². The van der Waals surface area contributed by atoms with Crippen molar-refractivity contribution in [3.63, 3.8) is 0 Å². The Morgan fingerprint density at radius 3 is 2.82 bits per heavy atom. The molecule has 7 nitrogen and oxygen atoms in total. The summed E-state index contributed by atoms with van der Waals surface area (Å²) in [5, 5.41) is 13.6. The third-order valence-corrected chi connectivity index (χ3v) is 2.10. The lowest BCUT2D eigenvalue weighted by Gasteiger charge is -2.07. The number of nitrogens with two attached hydrogens (primary N) is 1. The molecule has 7 heteroatoms. The van der Waals surface area contributed by atoms with E-state index in [2.05, 4.69) is 15.3 Å². The summed E-state index contributed by atoms with van der Waals surface area (Å²) in [4.78, 5) is 17.6. The zero-order chi connectivity index (χ0) is 12.3. The topological polar surface area (TPSA) is 107 Å². The highest BCUT2D eigenvalue weighted by Gasteiger charge is 2.15. The van der Waals surface area contributed by atoms with Crippen LogP contribution in [0.3, 0.4) is 0 Å². The molecule has 0 radical (unpaired) electrons. The number of hydrogen-bond donors (Lipinski definition) is 2. The van der Waals surface area contributed by atoms with Crippen LogP contribution in [0.1, 0.15) is 0 Å². The second-order valence-electron chi connectivity index (χ2n) is 3.23. The Hall–Kier alpha value is -2.70. The lowest BCUT2D eigenvalue weighted by molar-refractivity contribution is -0.384. The van der Waals surface area contributed by atoms with Crippen LogP contribution in [0.4, 0.5) is 22.9 Å². The number of para-hydroxylation sites is 2. The number of nitrogens with zero attached hydrogens (tertiary/aromatic N) is 3.